The zero-order valence-corrected chi connectivity index (χ0v) is 15.1. The minimum atomic E-state index is -0.288. The van der Waals surface area contributed by atoms with Gasteiger partial charge in [-0.3, -0.25) is 9.59 Å². The Morgan fingerprint density at radius 1 is 1.31 bits per heavy atom. The van der Waals surface area contributed by atoms with Gasteiger partial charge in [-0.05, 0) is 25.0 Å². The highest BCUT2D eigenvalue weighted by atomic mass is 19.1. The van der Waals surface area contributed by atoms with E-state index in [2.05, 4.69) is 5.32 Å². The molecule has 1 atom stereocenters. The number of rotatable bonds is 6. The van der Waals surface area contributed by atoms with Crippen molar-refractivity contribution < 1.29 is 18.7 Å². The summed E-state index contributed by atoms with van der Waals surface area (Å²) in [4.78, 5) is 28.2. The maximum atomic E-state index is 13.9. The molecule has 7 heteroatoms. The van der Waals surface area contributed by atoms with Gasteiger partial charge in [-0.15, -0.1) is 0 Å². The van der Waals surface area contributed by atoms with Gasteiger partial charge < -0.3 is 19.9 Å². The number of methoxy groups -OCH3 is 1. The van der Waals surface area contributed by atoms with E-state index in [0.717, 1.165) is 12.8 Å². The Bertz CT molecular complexity index is 647. The number of benzene rings is 1. The highest BCUT2D eigenvalue weighted by Crippen LogP contribution is 2.24. The molecule has 0 aliphatic carbocycles. The molecule has 6 nitrogen and oxygen atoms in total. The summed E-state index contributed by atoms with van der Waals surface area (Å²) < 4.78 is 18.9. The van der Waals surface area contributed by atoms with Crippen LogP contribution in [0.2, 0.25) is 0 Å². The molecule has 1 aromatic carbocycles. The van der Waals surface area contributed by atoms with Crippen LogP contribution >= 0.6 is 0 Å². The van der Waals surface area contributed by atoms with E-state index in [9.17, 15) is 14.0 Å². The number of nitrogens with one attached hydrogen (secondary N) is 1. The van der Waals surface area contributed by atoms with Crippen LogP contribution in [0, 0.1) is 11.7 Å². The number of nitrogens with zero attached hydrogens (tertiary/aromatic N) is 2. The second-order valence-corrected chi connectivity index (χ2v) is 6.95. The molecular weight excluding hydrogens is 337 g/mol. The zero-order valence-electron chi connectivity index (χ0n) is 15.1. The molecular formula is C19H26FN3O3. The van der Waals surface area contributed by atoms with Crippen LogP contribution in [0.3, 0.4) is 0 Å². The van der Waals surface area contributed by atoms with Gasteiger partial charge >= 0.3 is 0 Å². The maximum Gasteiger partial charge on any atom is 0.225 e. The quantitative estimate of drug-likeness (QED) is 0.830. The fourth-order valence-corrected chi connectivity index (χ4v) is 3.66. The van der Waals surface area contributed by atoms with Gasteiger partial charge in [-0.1, -0.05) is 12.1 Å². The summed E-state index contributed by atoms with van der Waals surface area (Å²) in [5.74, 6) is -0.543. The van der Waals surface area contributed by atoms with Gasteiger partial charge in [-0.2, -0.15) is 0 Å². The summed E-state index contributed by atoms with van der Waals surface area (Å²) in [6.45, 7) is 2.88. The molecule has 2 fully saturated rings. The molecule has 2 aliphatic rings. The van der Waals surface area contributed by atoms with Gasteiger partial charge in [0.15, 0.2) is 0 Å². The lowest BCUT2D eigenvalue weighted by Gasteiger charge is -2.34. The highest BCUT2D eigenvalue weighted by molar-refractivity contribution is 5.89. The van der Waals surface area contributed by atoms with Crippen molar-refractivity contribution in [1.82, 2.24) is 10.2 Å². The van der Waals surface area contributed by atoms with E-state index >= 15 is 0 Å². The standard InChI is InChI=1S/C19H26FN3O3/c1-26-11-10-23-13-14(12-18(23)24)19(25)21-15-6-8-22(9-7-15)17-5-3-2-4-16(17)20/h2-5,14-15H,6-13H2,1H3,(H,21,25)/t14-/m1/s1. The van der Waals surface area contributed by atoms with Gasteiger partial charge in [0.25, 0.3) is 0 Å². The van der Waals surface area contributed by atoms with Gasteiger partial charge in [0.05, 0.1) is 18.2 Å². The molecule has 142 valence electrons. The predicted octanol–water partition coefficient (Wildman–Crippen LogP) is 1.41. The number of piperidine rings is 1. The number of hydrogen-bond acceptors (Lipinski definition) is 4. The molecule has 0 unspecified atom stereocenters. The molecule has 0 aromatic heterocycles. The maximum absolute atomic E-state index is 13.9. The molecule has 0 saturated carbocycles. The van der Waals surface area contributed by atoms with E-state index in [-0.39, 0.29) is 36.0 Å². The van der Waals surface area contributed by atoms with Crippen LogP contribution in [-0.4, -0.2) is 62.7 Å². The number of carbonyl (C=O) groups is 2. The minimum Gasteiger partial charge on any atom is -0.383 e. The van der Waals surface area contributed by atoms with Crippen molar-refractivity contribution >= 4 is 17.5 Å². The van der Waals surface area contributed by atoms with Crippen LogP contribution in [0.15, 0.2) is 24.3 Å². The average molecular weight is 363 g/mol. The third kappa shape index (κ3) is 4.33. The Labute approximate surface area is 153 Å². The smallest absolute Gasteiger partial charge is 0.225 e. The molecule has 26 heavy (non-hydrogen) atoms. The molecule has 2 heterocycles. The number of carbonyl (C=O) groups excluding carboxylic acids is 2. The first kappa shape index (κ1) is 18.6. The summed E-state index contributed by atoms with van der Waals surface area (Å²) >= 11 is 0. The van der Waals surface area contributed by atoms with Crippen LogP contribution in [-0.2, 0) is 14.3 Å². The van der Waals surface area contributed by atoms with Crippen molar-refractivity contribution in [1.29, 1.82) is 0 Å². The molecule has 2 saturated heterocycles. The Morgan fingerprint density at radius 2 is 2.04 bits per heavy atom. The highest BCUT2D eigenvalue weighted by Gasteiger charge is 2.35. The molecule has 2 amide bonds. The Kier molecular flexibility index (Phi) is 6.08. The molecule has 3 rings (SSSR count). The van der Waals surface area contributed by atoms with Crippen molar-refractivity contribution in [3.8, 4) is 0 Å². The third-order valence-corrected chi connectivity index (χ3v) is 5.19. The third-order valence-electron chi connectivity index (χ3n) is 5.19. The molecule has 0 radical (unpaired) electrons. The number of amides is 2. The van der Waals surface area contributed by atoms with Gasteiger partial charge in [0.2, 0.25) is 11.8 Å². The van der Waals surface area contributed by atoms with Crippen LogP contribution in [0.1, 0.15) is 19.3 Å². The summed E-state index contributed by atoms with van der Waals surface area (Å²) in [6, 6.07) is 6.85. The van der Waals surface area contributed by atoms with E-state index in [1.807, 2.05) is 11.0 Å². The molecule has 2 aliphatic heterocycles. The average Bonchev–Trinajstić information content (AvgIpc) is 3.02. The van der Waals surface area contributed by atoms with Crippen molar-refractivity contribution in [3.63, 3.8) is 0 Å². The van der Waals surface area contributed by atoms with Gasteiger partial charge in [-0.25, -0.2) is 4.39 Å². The first-order valence-corrected chi connectivity index (χ1v) is 9.15. The van der Waals surface area contributed by atoms with Crippen LogP contribution in [0.4, 0.5) is 10.1 Å². The van der Waals surface area contributed by atoms with Crippen molar-refractivity contribution in [3.05, 3.63) is 30.1 Å². The topological polar surface area (TPSA) is 61.9 Å². The monoisotopic (exact) mass is 363 g/mol. The number of ether oxygens (including phenoxy) is 1. The van der Waals surface area contributed by atoms with Gasteiger partial charge in [0, 0.05) is 45.8 Å². The summed E-state index contributed by atoms with van der Waals surface area (Å²) in [5.41, 5.74) is 0.618. The number of halogens is 1. The second-order valence-electron chi connectivity index (χ2n) is 6.95. The van der Waals surface area contributed by atoms with Gasteiger partial charge in [0.1, 0.15) is 5.82 Å². The minimum absolute atomic E-state index is 0.0107. The van der Waals surface area contributed by atoms with Crippen LogP contribution < -0.4 is 10.2 Å². The first-order valence-electron chi connectivity index (χ1n) is 9.15. The van der Waals surface area contributed by atoms with Crippen molar-refractivity contribution in [2.75, 3.05) is 44.8 Å². The van der Waals surface area contributed by atoms with Crippen molar-refractivity contribution in [2.24, 2.45) is 5.92 Å². The Balaban J connectivity index is 1.47. The largest absolute Gasteiger partial charge is 0.383 e. The van der Waals surface area contributed by atoms with Crippen molar-refractivity contribution in [2.45, 2.75) is 25.3 Å². The molecule has 1 aromatic rings. The second kappa shape index (κ2) is 8.49. The fraction of sp³-hybridized carbons (Fsp3) is 0.579. The first-order chi connectivity index (χ1) is 12.6. The summed E-state index contributed by atoms with van der Waals surface area (Å²) in [5, 5.41) is 3.08. The number of para-hydroxylation sites is 1. The van der Waals surface area contributed by atoms with E-state index in [0.29, 0.717) is 38.5 Å². The van der Waals surface area contributed by atoms with Crippen LogP contribution in [0.25, 0.3) is 0 Å². The lowest BCUT2D eigenvalue weighted by molar-refractivity contribution is -0.129. The number of likely N-dealkylation sites (tertiary alicyclic amines) is 1. The molecule has 1 N–H and O–H groups in total. The summed E-state index contributed by atoms with van der Waals surface area (Å²) in [6.07, 6.45) is 1.81. The fourth-order valence-electron chi connectivity index (χ4n) is 3.66. The Hall–Kier alpha value is -2.15. The molecule has 0 bridgehead atoms. The summed E-state index contributed by atoms with van der Waals surface area (Å²) in [7, 11) is 1.60. The zero-order chi connectivity index (χ0) is 18.5. The number of hydrogen-bond donors (Lipinski definition) is 1. The molecule has 0 spiro atoms. The van der Waals surface area contributed by atoms with Crippen LogP contribution in [0.5, 0.6) is 0 Å². The van der Waals surface area contributed by atoms with E-state index in [1.54, 1.807) is 24.1 Å². The SMILES string of the molecule is COCCN1C[C@H](C(=O)NC2CCN(c3ccccc3F)CC2)CC1=O. The number of anilines is 1. The lowest BCUT2D eigenvalue weighted by atomic mass is 10.0. The Morgan fingerprint density at radius 3 is 2.73 bits per heavy atom. The lowest BCUT2D eigenvalue weighted by Crippen LogP contribution is -2.47. The van der Waals surface area contributed by atoms with E-state index < -0.39 is 0 Å². The van der Waals surface area contributed by atoms with E-state index in [1.165, 1.54) is 6.07 Å². The normalized spacial score (nSPS) is 21.3. The van der Waals surface area contributed by atoms with E-state index in [4.69, 9.17) is 4.74 Å². The predicted molar refractivity (Wildman–Crippen MR) is 96.3 cm³/mol.